The molecule has 0 radical (unpaired) electrons. The van der Waals surface area contributed by atoms with Crippen molar-refractivity contribution in [2.24, 2.45) is 0 Å². The average Bonchev–Trinajstić information content (AvgIpc) is 2.40. The summed E-state index contributed by atoms with van der Waals surface area (Å²) in [7, 11) is 1.70. The molecule has 1 aromatic carbocycles. The highest BCUT2D eigenvalue weighted by Crippen LogP contribution is 2.24. The molecule has 106 valence electrons. The second kappa shape index (κ2) is 6.73. The number of methoxy groups -OCH3 is 1. The molecular formula is C15H23BrN2O. The van der Waals surface area contributed by atoms with E-state index >= 15 is 0 Å². The van der Waals surface area contributed by atoms with Crippen LogP contribution in [0, 0.1) is 0 Å². The fourth-order valence-corrected chi connectivity index (χ4v) is 3.11. The summed E-state index contributed by atoms with van der Waals surface area (Å²) in [5.74, 6) is 0.903. The van der Waals surface area contributed by atoms with E-state index in [9.17, 15) is 0 Å². The Morgan fingerprint density at radius 2 is 2.00 bits per heavy atom. The van der Waals surface area contributed by atoms with Crippen LogP contribution in [0.5, 0.6) is 5.75 Å². The minimum Gasteiger partial charge on any atom is -0.497 e. The van der Waals surface area contributed by atoms with Gasteiger partial charge in [-0.05, 0) is 50.5 Å². The van der Waals surface area contributed by atoms with Crippen LogP contribution in [-0.4, -0.2) is 24.2 Å². The van der Waals surface area contributed by atoms with E-state index in [4.69, 9.17) is 4.74 Å². The summed E-state index contributed by atoms with van der Waals surface area (Å²) in [5.41, 5.74) is 4.80. The summed E-state index contributed by atoms with van der Waals surface area (Å²) in [6.07, 6.45) is 3.89. The van der Waals surface area contributed by atoms with Gasteiger partial charge in [-0.3, -0.25) is 5.43 Å². The van der Waals surface area contributed by atoms with E-state index in [1.54, 1.807) is 7.11 Å². The first-order valence-electron chi connectivity index (χ1n) is 6.96. The van der Waals surface area contributed by atoms with Crippen LogP contribution in [0.1, 0.15) is 38.7 Å². The molecule has 0 saturated carbocycles. The van der Waals surface area contributed by atoms with Gasteiger partial charge in [-0.1, -0.05) is 22.4 Å². The lowest BCUT2D eigenvalue weighted by atomic mass is 10.00. The number of rotatable bonds is 4. The topological polar surface area (TPSA) is 24.5 Å². The summed E-state index contributed by atoms with van der Waals surface area (Å²) in [4.78, 5) is 0. The van der Waals surface area contributed by atoms with Gasteiger partial charge in [0.15, 0.2) is 0 Å². The molecule has 1 N–H and O–H groups in total. The van der Waals surface area contributed by atoms with Crippen LogP contribution in [0.3, 0.4) is 0 Å². The number of hydrogen-bond donors (Lipinski definition) is 1. The van der Waals surface area contributed by atoms with E-state index in [0.717, 1.165) is 16.8 Å². The van der Waals surface area contributed by atoms with Crippen molar-refractivity contribution in [3.63, 3.8) is 0 Å². The second-order valence-electron chi connectivity index (χ2n) is 5.33. The lowest BCUT2D eigenvalue weighted by Crippen LogP contribution is -2.51. The number of halogens is 1. The van der Waals surface area contributed by atoms with Gasteiger partial charge in [-0.25, -0.2) is 5.01 Å². The van der Waals surface area contributed by atoms with E-state index in [1.165, 1.54) is 24.8 Å². The van der Waals surface area contributed by atoms with Gasteiger partial charge in [0.25, 0.3) is 0 Å². The lowest BCUT2D eigenvalue weighted by Gasteiger charge is -2.39. The number of ether oxygens (including phenoxy) is 1. The molecular weight excluding hydrogens is 304 g/mol. The summed E-state index contributed by atoms with van der Waals surface area (Å²) < 4.78 is 6.40. The van der Waals surface area contributed by atoms with Crippen molar-refractivity contribution >= 4 is 15.9 Å². The van der Waals surface area contributed by atoms with Crippen molar-refractivity contribution in [2.45, 2.75) is 51.7 Å². The van der Waals surface area contributed by atoms with Gasteiger partial charge >= 0.3 is 0 Å². The Hall–Kier alpha value is -0.580. The molecule has 1 aliphatic rings. The van der Waals surface area contributed by atoms with E-state index in [0.29, 0.717) is 12.1 Å². The quantitative estimate of drug-likeness (QED) is 0.912. The van der Waals surface area contributed by atoms with Gasteiger partial charge in [0.2, 0.25) is 0 Å². The molecule has 1 heterocycles. The maximum Gasteiger partial charge on any atom is 0.119 e. The largest absolute Gasteiger partial charge is 0.497 e. The van der Waals surface area contributed by atoms with Crippen LogP contribution in [0.4, 0.5) is 0 Å². The number of hydrogen-bond acceptors (Lipinski definition) is 3. The SMILES string of the molecule is COc1ccc(Br)c(CNN2C(C)CCCC2C)c1. The monoisotopic (exact) mass is 326 g/mol. The zero-order valence-electron chi connectivity index (χ0n) is 11.9. The van der Waals surface area contributed by atoms with Crippen LogP contribution in [0.15, 0.2) is 22.7 Å². The highest BCUT2D eigenvalue weighted by atomic mass is 79.9. The fourth-order valence-electron chi connectivity index (χ4n) is 2.72. The van der Waals surface area contributed by atoms with Gasteiger partial charge in [-0.15, -0.1) is 0 Å². The summed E-state index contributed by atoms with van der Waals surface area (Å²) >= 11 is 3.60. The van der Waals surface area contributed by atoms with Crippen LogP contribution in [-0.2, 0) is 6.54 Å². The molecule has 2 unspecified atom stereocenters. The van der Waals surface area contributed by atoms with Gasteiger partial charge in [0.05, 0.1) is 7.11 Å². The van der Waals surface area contributed by atoms with E-state index in [-0.39, 0.29) is 0 Å². The number of nitrogens with zero attached hydrogens (tertiary/aromatic N) is 1. The summed E-state index contributed by atoms with van der Waals surface area (Å²) in [6.45, 7) is 5.42. The average molecular weight is 327 g/mol. The Morgan fingerprint density at radius 1 is 1.32 bits per heavy atom. The van der Waals surface area contributed by atoms with Crippen molar-refractivity contribution in [3.05, 3.63) is 28.2 Å². The highest BCUT2D eigenvalue weighted by molar-refractivity contribution is 9.10. The smallest absolute Gasteiger partial charge is 0.119 e. The summed E-state index contributed by atoms with van der Waals surface area (Å²) in [5, 5.41) is 2.40. The predicted molar refractivity (Wildman–Crippen MR) is 82.1 cm³/mol. The minimum absolute atomic E-state index is 0.605. The van der Waals surface area contributed by atoms with E-state index in [1.807, 2.05) is 12.1 Å². The standard InChI is InChI=1S/C15H23BrN2O/c1-11-5-4-6-12(2)18(11)17-10-13-9-14(19-3)7-8-15(13)16/h7-9,11-12,17H,4-6,10H2,1-3H3. The van der Waals surface area contributed by atoms with Gasteiger partial charge in [-0.2, -0.15) is 0 Å². The molecule has 0 bridgehead atoms. The van der Waals surface area contributed by atoms with Crippen LogP contribution in [0.25, 0.3) is 0 Å². The Bertz CT molecular complexity index is 415. The number of piperidine rings is 1. The first-order chi connectivity index (χ1) is 9.11. The van der Waals surface area contributed by atoms with Gasteiger partial charge < -0.3 is 4.74 Å². The van der Waals surface area contributed by atoms with Crippen molar-refractivity contribution in [3.8, 4) is 5.75 Å². The number of nitrogens with one attached hydrogen (secondary N) is 1. The van der Waals surface area contributed by atoms with Gasteiger partial charge in [0, 0.05) is 23.1 Å². The van der Waals surface area contributed by atoms with Crippen molar-refractivity contribution < 1.29 is 4.74 Å². The third-order valence-electron chi connectivity index (χ3n) is 3.90. The second-order valence-corrected chi connectivity index (χ2v) is 6.18. The predicted octanol–water partition coefficient (Wildman–Crippen LogP) is 3.73. The minimum atomic E-state index is 0.605. The first kappa shape index (κ1) is 14.8. The Morgan fingerprint density at radius 3 is 2.63 bits per heavy atom. The lowest BCUT2D eigenvalue weighted by molar-refractivity contribution is 0.0435. The van der Waals surface area contributed by atoms with Crippen LogP contribution in [0.2, 0.25) is 0 Å². The third-order valence-corrected chi connectivity index (χ3v) is 4.67. The van der Waals surface area contributed by atoms with Crippen molar-refractivity contribution in [2.75, 3.05) is 7.11 Å². The molecule has 0 amide bonds. The Balaban J connectivity index is 2.01. The molecule has 2 atom stereocenters. The Labute approximate surface area is 124 Å². The van der Waals surface area contributed by atoms with Crippen molar-refractivity contribution in [1.82, 2.24) is 10.4 Å². The zero-order chi connectivity index (χ0) is 13.8. The molecule has 1 saturated heterocycles. The molecule has 0 aliphatic carbocycles. The maximum absolute atomic E-state index is 5.28. The van der Waals surface area contributed by atoms with Crippen LogP contribution >= 0.6 is 15.9 Å². The van der Waals surface area contributed by atoms with E-state index in [2.05, 4.69) is 46.3 Å². The third kappa shape index (κ3) is 3.71. The Kier molecular flexibility index (Phi) is 5.25. The zero-order valence-corrected chi connectivity index (χ0v) is 13.5. The van der Waals surface area contributed by atoms with Gasteiger partial charge in [0.1, 0.15) is 5.75 Å². The number of hydrazine groups is 1. The van der Waals surface area contributed by atoms with Crippen LogP contribution < -0.4 is 10.2 Å². The molecule has 4 heteroatoms. The molecule has 3 nitrogen and oxygen atoms in total. The molecule has 0 spiro atoms. The fraction of sp³-hybridized carbons (Fsp3) is 0.600. The highest BCUT2D eigenvalue weighted by Gasteiger charge is 2.24. The molecule has 19 heavy (non-hydrogen) atoms. The number of benzene rings is 1. The van der Waals surface area contributed by atoms with Crippen molar-refractivity contribution in [1.29, 1.82) is 0 Å². The molecule has 1 aromatic rings. The molecule has 1 aliphatic heterocycles. The molecule has 0 aromatic heterocycles. The molecule has 1 fully saturated rings. The maximum atomic E-state index is 5.28. The summed E-state index contributed by atoms with van der Waals surface area (Å²) in [6, 6.07) is 7.30. The van der Waals surface area contributed by atoms with E-state index < -0.39 is 0 Å². The normalized spacial score (nSPS) is 24.4. The first-order valence-corrected chi connectivity index (χ1v) is 7.75. The molecule has 2 rings (SSSR count).